The molecule has 0 saturated carbocycles. The molecule has 0 saturated heterocycles. The van der Waals surface area contributed by atoms with E-state index in [2.05, 4.69) is 5.32 Å². The SMILES string of the molecule is CCC(CC)(NC(=O)N(C)CC(O)COC)C(=O)O. The maximum atomic E-state index is 11.9. The van der Waals surface area contributed by atoms with Crippen LogP contribution in [0, 0.1) is 0 Å². The van der Waals surface area contributed by atoms with Crippen LogP contribution in [0.5, 0.6) is 0 Å². The Morgan fingerprint density at radius 2 is 1.89 bits per heavy atom. The molecule has 0 aliphatic carbocycles. The van der Waals surface area contributed by atoms with Gasteiger partial charge in [0.2, 0.25) is 0 Å². The van der Waals surface area contributed by atoms with E-state index >= 15 is 0 Å². The van der Waals surface area contributed by atoms with Gasteiger partial charge >= 0.3 is 12.0 Å². The molecule has 1 unspecified atom stereocenters. The molecule has 0 aromatic carbocycles. The predicted molar refractivity (Wildman–Crippen MR) is 70.0 cm³/mol. The van der Waals surface area contributed by atoms with Gasteiger partial charge in [0, 0.05) is 14.2 Å². The summed E-state index contributed by atoms with van der Waals surface area (Å²) in [7, 11) is 2.94. The van der Waals surface area contributed by atoms with Crippen LogP contribution in [0.2, 0.25) is 0 Å². The standard InChI is InChI=1S/C12H24N2O5/c1-5-12(6-2,10(16)17)13-11(18)14(3)7-9(15)8-19-4/h9,15H,5-8H2,1-4H3,(H,13,18)(H,16,17). The van der Waals surface area contributed by atoms with Crippen molar-refractivity contribution in [3.05, 3.63) is 0 Å². The van der Waals surface area contributed by atoms with Gasteiger partial charge in [0.05, 0.1) is 19.3 Å². The van der Waals surface area contributed by atoms with Crippen LogP contribution in [0.1, 0.15) is 26.7 Å². The molecule has 3 N–H and O–H groups in total. The molecule has 0 rings (SSSR count). The number of aliphatic carboxylic acids is 1. The van der Waals surface area contributed by atoms with Crippen LogP contribution in [0.3, 0.4) is 0 Å². The van der Waals surface area contributed by atoms with Gasteiger partial charge < -0.3 is 25.2 Å². The Hall–Kier alpha value is -1.34. The van der Waals surface area contributed by atoms with E-state index < -0.39 is 23.6 Å². The summed E-state index contributed by atoms with van der Waals surface area (Å²) in [6, 6.07) is -0.527. The first kappa shape index (κ1) is 17.7. The summed E-state index contributed by atoms with van der Waals surface area (Å²) in [5.41, 5.74) is -1.27. The highest BCUT2D eigenvalue weighted by molar-refractivity contribution is 5.86. The van der Waals surface area contributed by atoms with Crippen LogP contribution < -0.4 is 5.32 Å². The number of methoxy groups -OCH3 is 1. The second-order valence-electron chi connectivity index (χ2n) is 4.51. The van der Waals surface area contributed by atoms with Gasteiger partial charge in [0.25, 0.3) is 0 Å². The number of likely N-dealkylation sites (N-methyl/N-ethyl adjacent to an activating group) is 1. The van der Waals surface area contributed by atoms with E-state index in [1.54, 1.807) is 13.8 Å². The third kappa shape index (κ3) is 5.04. The van der Waals surface area contributed by atoms with Gasteiger partial charge in [0.15, 0.2) is 0 Å². The van der Waals surface area contributed by atoms with Crippen molar-refractivity contribution in [1.82, 2.24) is 10.2 Å². The smallest absolute Gasteiger partial charge is 0.329 e. The van der Waals surface area contributed by atoms with Crippen molar-refractivity contribution in [2.75, 3.05) is 27.3 Å². The molecule has 19 heavy (non-hydrogen) atoms. The predicted octanol–water partition coefficient (Wildman–Crippen LogP) is 0.279. The molecule has 0 aromatic rings. The molecular weight excluding hydrogens is 252 g/mol. The number of ether oxygens (including phenoxy) is 1. The minimum Gasteiger partial charge on any atom is -0.480 e. The highest BCUT2D eigenvalue weighted by Crippen LogP contribution is 2.15. The van der Waals surface area contributed by atoms with E-state index in [1.165, 1.54) is 19.1 Å². The fourth-order valence-corrected chi connectivity index (χ4v) is 1.73. The third-order valence-corrected chi connectivity index (χ3v) is 3.15. The Bertz CT molecular complexity index is 304. The normalized spacial score (nSPS) is 12.9. The van der Waals surface area contributed by atoms with E-state index in [4.69, 9.17) is 4.74 Å². The zero-order chi connectivity index (χ0) is 15.1. The van der Waals surface area contributed by atoms with Crippen LogP contribution in [-0.2, 0) is 9.53 Å². The number of urea groups is 1. The average Bonchev–Trinajstić information content (AvgIpc) is 2.35. The zero-order valence-corrected chi connectivity index (χ0v) is 12.0. The van der Waals surface area contributed by atoms with Crippen LogP contribution in [0.4, 0.5) is 4.79 Å². The first-order chi connectivity index (χ1) is 8.82. The summed E-state index contributed by atoms with van der Waals surface area (Å²) in [5, 5.41) is 21.3. The Labute approximate surface area is 113 Å². The lowest BCUT2D eigenvalue weighted by Crippen LogP contribution is -2.57. The van der Waals surface area contributed by atoms with Gasteiger partial charge in [0.1, 0.15) is 5.54 Å². The number of aliphatic hydroxyl groups excluding tert-OH is 1. The van der Waals surface area contributed by atoms with Gasteiger partial charge in [-0.25, -0.2) is 9.59 Å². The summed E-state index contributed by atoms with van der Waals surface area (Å²) in [6.45, 7) is 3.60. The Balaban J connectivity index is 4.61. The van der Waals surface area contributed by atoms with E-state index in [0.717, 1.165) is 0 Å². The molecule has 0 radical (unpaired) electrons. The summed E-state index contributed by atoms with van der Waals surface area (Å²) in [5.74, 6) is -1.06. The van der Waals surface area contributed by atoms with Crippen LogP contribution in [-0.4, -0.2) is 66.1 Å². The molecule has 0 bridgehead atoms. The van der Waals surface area contributed by atoms with Gasteiger partial charge in [-0.2, -0.15) is 0 Å². The monoisotopic (exact) mass is 276 g/mol. The number of hydrogen-bond donors (Lipinski definition) is 3. The molecule has 1 atom stereocenters. The van der Waals surface area contributed by atoms with Crippen molar-refractivity contribution in [1.29, 1.82) is 0 Å². The van der Waals surface area contributed by atoms with Gasteiger partial charge in [-0.1, -0.05) is 13.8 Å². The van der Waals surface area contributed by atoms with Crippen LogP contribution in [0.15, 0.2) is 0 Å². The van der Waals surface area contributed by atoms with E-state index in [9.17, 15) is 19.8 Å². The van der Waals surface area contributed by atoms with Crippen molar-refractivity contribution in [3.8, 4) is 0 Å². The quantitative estimate of drug-likeness (QED) is 0.591. The second-order valence-corrected chi connectivity index (χ2v) is 4.51. The molecule has 112 valence electrons. The van der Waals surface area contributed by atoms with E-state index in [-0.39, 0.29) is 13.2 Å². The van der Waals surface area contributed by atoms with Gasteiger partial charge in [-0.15, -0.1) is 0 Å². The largest absolute Gasteiger partial charge is 0.480 e. The number of nitrogens with one attached hydrogen (secondary N) is 1. The number of carbonyl (C=O) groups is 2. The summed E-state index contributed by atoms with van der Waals surface area (Å²) < 4.78 is 4.76. The number of carboxylic acids is 1. The van der Waals surface area contributed by atoms with Gasteiger partial charge in [-0.05, 0) is 12.8 Å². The molecule has 0 aliphatic rings. The lowest BCUT2D eigenvalue weighted by Gasteiger charge is -2.31. The lowest BCUT2D eigenvalue weighted by atomic mass is 9.93. The number of carboxylic acid groups (broad SMARTS) is 1. The minimum absolute atomic E-state index is 0.0722. The van der Waals surface area contributed by atoms with Crippen LogP contribution >= 0.6 is 0 Å². The van der Waals surface area contributed by atoms with E-state index in [0.29, 0.717) is 12.8 Å². The highest BCUT2D eigenvalue weighted by atomic mass is 16.5. The number of rotatable bonds is 8. The summed E-state index contributed by atoms with van der Waals surface area (Å²) in [4.78, 5) is 24.4. The van der Waals surface area contributed by atoms with Crippen molar-refractivity contribution >= 4 is 12.0 Å². The topological polar surface area (TPSA) is 99.1 Å². The second kappa shape index (κ2) is 7.96. The Morgan fingerprint density at radius 3 is 2.26 bits per heavy atom. The van der Waals surface area contributed by atoms with Crippen molar-refractivity contribution in [2.45, 2.75) is 38.3 Å². The lowest BCUT2D eigenvalue weighted by molar-refractivity contribution is -0.144. The molecule has 0 aliphatic heterocycles. The maximum absolute atomic E-state index is 11.9. The highest BCUT2D eigenvalue weighted by Gasteiger charge is 2.37. The molecule has 0 aromatic heterocycles. The van der Waals surface area contributed by atoms with Crippen molar-refractivity contribution in [3.63, 3.8) is 0 Å². The third-order valence-electron chi connectivity index (χ3n) is 3.15. The molecular formula is C12H24N2O5. The number of aliphatic hydroxyl groups is 1. The van der Waals surface area contributed by atoms with E-state index in [1.807, 2.05) is 0 Å². The number of amides is 2. The van der Waals surface area contributed by atoms with Crippen molar-refractivity contribution in [2.24, 2.45) is 0 Å². The first-order valence-electron chi connectivity index (χ1n) is 6.26. The van der Waals surface area contributed by atoms with Crippen LogP contribution in [0.25, 0.3) is 0 Å². The summed E-state index contributed by atoms with van der Waals surface area (Å²) in [6.07, 6.45) is -0.221. The molecule has 2 amide bonds. The van der Waals surface area contributed by atoms with Crippen molar-refractivity contribution < 1.29 is 24.5 Å². The maximum Gasteiger partial charge on any atom is 0.329 e. The number of hydrogen-bond acceptors (Lipinski definition) is 4. The molecule has 0 heterocycles. The fourth-order valence-electron chi connectivity index (χ4n) is 1.73. The first-order valence-corrected chi connectivity index (χ1v) is 6.26. The number of nitrogens with zero attached hydrogens (tertiary/aromatic N) is 1. The zero-order valence-electron chi connectivity index (χ0n) is 12.0. The number of carbonyl (C=O) groups excluding carboxylic acids is 1. The summed E-state index contributed by atoms with van der Waals surface area (Å²) >= 11 is 0. The molecule has 0 spiro atoms. The minimum atomic E-state index is -1.27. The average molecular weight is 276 g/mol. The van der Waals surface area contributed by atoms with Gasteiger partial charge in [-0.3, -0.25) is 0 Å². The Morgan fingerprint density at radius 1 is 1.37 bits per heavy atom. The Kier molecular flexibility index (Phi) is 7.40. The molecule has 0 fully saturated rings. The fraction of sp³-hybridized carbons (Fsp3) is 0.833. The molecule has 7 nitrogen and oxygen atoms in total. The molecule has 7 heteroatoms.